The van der Waals surface area contributed by atoms with Crippen molar-refractivity contribution in [3.8, 4) is 0 Å². The number of alkyl halides is 1. The van der Waals surface area contributed by atoms with Crippen LogP contribution in [0.25, 0.3) is 11.0 Å². The molecular formula is C9H10ClN3O. The van der Waals surface area contributed by atoms with Gasteiger partial charge >= 0.3 is 0 Å². The molecule has 0 saturated carbocycles. The van der Waals surface area contributed by atoms with E-state index in [9.17, 15) is 0 Å². The summed E-state index contributed by atoms with van der Waals surface area (Å²) in [5, 5.41) is 8.00. The normalized spacial score (nSPS) is 13.3. The molecule has 1 aromatic heterocycles. The molecule has 0 bridgehead atoms. The topological polar surface area (TPSA) is 39.9 Å². The van der Waals surface area contributed by atoms with E-state index in [-0.39, 0.29) is 6.23 Å². The highest BCUT2D eigenvalue weighted by Crippen LogP contribution is 2.16. The first-order valence-corrected chi connectivity index (χ1v) is 4.79. The summed E-state index contributed by atoms with van der Waals surface area (Å²) in [6, 6.07) is 7.70. The smallest absolute Gasteiger partial charge is 0.165 e. The fraction of sp³-hybridized carbons (Fsp3) is 0.333. The van der Waals surface area contributed by atoms with E-state index in [1.54, 1.807) is 11.8 Å². The molecule has 0 N–H and O–H groups in total. The lowest BCUT2D eigenvalue weighted by Crippen LogP contribution is -2.14. The summed E-state index contributed by atoms with van der Waals surface area (Å²) in [5.41, 5.74) is 1.78. The first kappa shape index (κ1) is 9.43. The molecule has 74 valence electrons. The van der Waals surface area contributed by atoms with E-state index in [0.717, 1.165) is 11.0 Å². The summed E-state index contributed by atoms with van der Waals surface area (Å²) in [6.45, 7) is 0. The van der Waals surface area contributed by atoms with Crippen LogP contribution in [-0.4, -0.2) is 28.0 Å². The Balaban J connectivity index is 2.51. The van der Waals surface area contributed by atoms with Crippen LogP contribution in [0.5, 0.6) is 0 Å². The first-order chi connectivity index (χ1) is 6.86. The molecule has 0 aliphatic carbocycles. The van der Waals surface area contributed by atoms with Crippen molar-refractivity contribution in [1.82, 2.24) is 15.0 Å². The van der Waals surface area contributed by atoms with E-state index in [4.69, 9.17) is 16.3 Å². The number of aromatic nitrogens is 3. The molecular weight excluding hydrogens is 202 g/mol. The maximum absolute atomic E-state index is 5.75. The molecule has 0 spiro atoms. The Morgan fingerprint density at radius 1 is 1.50 bits per heavy atom. The number of nitrogens with zero attached hydrogens (tertiary/aromatic N) is 3. The van der Waals surface area contributed by atoms with Gasteiger partial charge in [0.05, 0.1) is 11.4 Å². The van der Waals surface area contributed by atoms with Crippen molar-refractivity contribution in [1.29, 1.82) is 0 Å². The van der Waals surface area contributed by atoms with E-state index in [2.05, 4.69) is 10.3 Å². The van der Waals surface area contributed by atoms with E-state index in [1.165, 1.54) is 0 Å². The number of methoxy groups -OCH3 is 1. The van der Waals surface area contributed by atoms with Crippen molar-refractivity contribution in [2.45, 2.75) is 6.23 Å². The average molecular weight is 212 g/mol. The van der Waals surface area contributed by atoms with E-state index in [0.29, 0.717) is 5.88 Å². The number of ether oxygens (including phenoxy) is 1. The maximum Gasteiger partial charge on any atom is 0.165 e. The molecule has 0 radical (unpaired) electrons. The fourth-order valence-electron chi connectivity index (χ4n) is 1.33. The van der Waals surface area contributed by atoms with Crippen molar-refractivity contribution >= 4 is 22.6 Å². The quantitative estimate of drug-likeness (QED) is 0.727. The number of para-hydroxylation sites is 1. The van der Waals surface area contributed by atoms with E-state index < -0.39 is 0 Å². The molecule has 0 saturated heterocycles. The molecule has 0 amide bonds. The van der Waals surface area contributed by atoms with Crippen molar-refractivity contribution in [3.63, 3.8) is 0 Å². The zero-order chi connectivity index (χ0) is 9.97. The van der Waals surface area contributed by atoms with Gasteiger partial charge in [-0.1, -0.05) is 17.3 Å². The number of fused-ring (bicyclic) bond motifs is 1. The van der Waals surface area contributed by atoms with Gasteiger partial charge in [-0.05, 0) is 12.1 Å². The standard InChI is InChI=1S/C9H10ClN3O/c1-14-9(6-10)13-8-5-3-2-4-7(8)11-12-13/h2-5,9H,6H2,1H3/t9-/m0/s1. The monoisotopic (exact) mass is 211 g/mol. The second kappa shape index (κ2) is 3.94. The largest absolute Gasteiger partial charge is 0.358 e. The Hall–Kier alpha value is -1.13. The Bertz CT molecular complexity index is 425. The van der Waals surface area contributed by atoms with Gasteiger partial charge in [-0.2, -0.15) is 0 Å². The highest BCUT2D eigenvalue weighted by molar-refractivity contribution is 6.18. The van der Waals surface area contributed by atoms with Gasteiger partial charge in [0.15, 0.2) is 6.23 Å². The molecule has 5 heteroatoms. The maximum atomic E-state index is 5.75. The highest BCUT2D eigenvalue weighted by Gasteiger charge is 2.12. The number of hydrogen-bond donors (Lipinski definition) is 0. The van der Waals surface area contributed by atoms with Gasteiger partial charge in [0, 0.05) is 7.11 Å². The minimum Gasteiger partial charge on any atom is -0.358 e. The van der Waals surface area contributed by atoms with Crippen LogP contribution in [0, 0.1) is 0 Å². The third-order valence-corrected chi connectivity index (χ3v) is 2.32. The van der Waals surface area contributed by atoms with Crippen molar-refractivity contribution in [2.75, 3.05) is 13.0 Å². The first-order valence-electron chi connectivity index (χ1n) is 4.25. The molecule has 1 atom stereocenters. The van der Waals surface area contributed by atoms with Crippen molar-refractivity contribution in [3.05, 3.63) is 24.3 Å². The van der Waals surface area contributed by atoms with Gasteiger partial charge in [-0.3, -0.25) is 0 Å². The van der Waals surface area contributed by atoms with Crippen LogP contribution in [0.15, 0.2) is 24.3 Å². The summed E-state index contributed by atoms with van der Waals surface area (Å²) in [5.74, 6) is 0.351. The fourth-order valence-corrected chi connectivity index (χ4v) is 1.58. The molecule has 1 heterocycles. The molecule has 0 aliphatic heterocycles. The van der Waals surface area contributed by atoms with Gasteiger partial charge < -0.3 is 4.74 Å². The molecule has 0 unspecified atom stereocenters. The molecule has 14 heavy (non-hydrogen) atoms. The van der Waals surface area contributed by atoms with Gasteiger partial charge in [-0.15, -0.1) is 16.7 Å². The van der Waals surface area contributed by atoms with E-state index in [1.807, 2.05) is 24.3 Å². The average Bonchev–Trinajstić information content (AvgIpc) is 2.65. The van der Waals surface area contributed by atoms with Crippen LogP contribution in [0.1, 0.15) is 6.23 Å². The van der Waals surface area contributed by atoms with Gasteiger partial charge in [0.1, 0.15) is 5.52 Å². The molecule has 2 rings (SSSR count). The Labute approximate surface area is 86.4 Å². The minimum atomic E-state index is -0.260. The Morgan fingerprint density at radius 2 is 2.29 bits per heavy atom. The molecule has 1 aromatic carbocycles. The van der Waals surface area contributed by atoms with Gasteiger partial charge in [0.2, 0.25) is 0 Å². The second-order valence-electron chi connectivity index (χ2n) is 2.87. The van der Waals surface area contributed by atoms with Gasteiger partial charge in [0.25, 0.3) is 0 Å². The molecule has 2 aromatic rings. The zero-order valence-corrected chi connectivity index (χ0v) is 8.48. The third kappa shape index (κ3) is 1.47. The number of hydrogen-bond acceptors (Lipinski definition) is 3. The SMILES string of the molecule is CO[C@@H](CCl)n1nnc2ccccc21. The summed E-state index contributed by atoms with van der Waals surface area (Å²) in [4.78, 5) is 0. The number of halogens is 1. The number of benzene rings is 1. The second-order valence-corrected chi connectivity index (χ2v) is 3.18. The Morgan fingerprint density at radius 3 is 3.00 bits per heavy atom. The lowest BCUT2D eigenvalue weighted by Gasteiger charge is -2.11. The predicted octanol–water partition coefficient (Wildman–Crippen LogP) is 1.82. The van der Waals surface area contributed by atoms with Crippen LogP contribution in [-0.2, 0) is 4.74 Å². The van der Waals surface area contributed by atoms with Crippen LogP contribution < -0.4 is 0 Å². The Kier molecular flexibility index (Phi) is 2.65. The molecule has 4 nitrogen and oxygen atoms in total. The summed E-state index contributed by atoms with van der Waals surface area (Å²) < 4.78 is 6.86. The summed E-state index contributed by atoms with van der Waals surface area (Å²) in [6.07, 6.45) is -0.260. The van der Waals surface area contributed by atoms with Crippen LogP contribution in [0.4, 0.5) is 0 Å². The lowest BCUT2D eigenvalue weighted by molar-refractivity contribution is 0.0552. The van der Waals surface area contributed by atoms with Crippen LogP contribution in [0.2, 0.25) is 0 Å². The zero-order valence-electron chi connectivity index (χ0n) is 7.72. The van der Waals surface area contributed by atoms with Crippen molar-refractivity contribution < 1.29 is 4.74 Å². The number of rotatable bonds is 3. The molecule has 0 aliphatic rings. The molecule has 0 fully saturated rings. The van der Waals surface area contributed by atoms with Crippen LogP contribution >= 0.6 is 11.6 Å². The van der Waals surface area contributed by atoms with Crippen molar-refractivity contribution in [2.24, 2.45) is 0 Å². The summed E-state index contributed by atoms with van der Waals surface area (Å²) >= 11 is 5.75. The summed E-state index contributed by atoms with van der Waals surface area (Å²) in [7, 11) is 1.60. The third-order valence-electron chi connectivity index (χ3n) is 2.05. The van der Waals surface area contributed by atoms with E-state index >= 15 is 0 Å². The minimum absolute atomic E-state index is 0.260. The van der Waals surface area contributed by atoms with Crippen LogP contribution in [0.3, 0.4) is 0 Å². The highest BCUT2D eigenvalue weighted by atomic mass is 35.5. The lowest BCUT2D eigenvalue weighted by atomic mass is 10.3. The predicted molar refractivity (Wildman–Crippen MR) is 54.3 cm³/mol. The van der Waals surface area contributed by atoms with Gasteiger partial charge in [-0.25, -0.2) is 4.68 Å².